The summed E-state index contributed by atoms with van der Waals surface area (Å²) in [5.74, 6) is 0.0424. The highest BCUT2D eigenvalue weighted by molar-refractivity contribution is 7.18. The van der Waals surface area contributed by atoms with Gasteiger partial charge < -0.3 is 4.90 Å². The molecule has 1 aliphatic heterocycles. The van der Waals surface area contributed by atoms with E-state index in [1.54, 1.807) is 12.1 Å². The van der Waals surface area contributed by atoms with Gasteiger partial charge in [0.15, 0.2) is 5.78 Å². The predicted molar refractivity (Wildman–Crippen MR) is 107 cm³/mol. The van der Waals surface area contributed by atoms with E-state index in [0.717, 1.165) is 25.3 Å². The number of Topliss-reactive ketones (excluding diaryl/α,β-unsaturated/α-hetero) is 1. The zero-order valence-electron chi connectivity index (χ0n) is 16.0. The molecular formula is C19H25ClN4O2S. The summed E-state index contributed by atoms with van der Waals surface area (Å²) in [6, 6.07) is 3.44. The average Bonchev–Trinajstić information content (AvgIpc) is 3.18. The van der Waals surface area contributed by atoms with Gasteiger partial charge in [0.05, 0.1) is 14.9 Å². The molecule has 146 valence electrons. The molecule has 0 N–H and O–H groups in total. The third-order valence-electron chi connectivity index (χ3n) is 5.18. The van der Waals surface area contributed by atoms with Gasteiger partial charge in [-0.15, -0.1) is 11.3 Å². The highest BCUT2D eigenvalue weighted by Crippen LogP contribution is 2.23. The molecule has 0 spiro atoms. The topological polar surface area (TPSA) is 58.4 Å². The number of thiophene rings is 1. The van der Waals surface area contributed by atoms with Crippen LogP contribution in [0.5, 0.6) is 0 Å². The number of carbonyl (C=O) groups excluding carboxylic acids is 2. The smallest absolute Gasteiger partial charge is 0.223 e. The van der Waals surface area contributed by atoms with E-state index in [0.29, 0.717) is 22.3 Å². The van der Waals surface area contributed by atoms with Crippen LogP contribution in [-0.2, 0) is 18.4 Å². The third kappa shape index (κ3) is 4.78. The van der Waals surface area contributed by atoms with Gasteiger partial charge in [-0.2, -0.15) is 5.10 Å². The second-order valence-corrected chi connectivity index (χ2v) is 8.67. The molecule has 0 atom stereocenters. The Bertz CT molecular complexity index is 837. The molecule has 6 nitrogen and oxygen atoms in total. The van der Waals surface area contributed by atoms with Crippen LogP contribution in [0.2, 0.25) is 4.34 Å². The summed E-state index contributed by atoms with van der Waals surface area (Å²) in [6.07, 6.45) is 0.499. The largest absolute Gasteiger partial charge is 0.340 e. The number of hydrogen-bond donors (Lipinski definition) is 0. The van der Waals surface area contributed by atoms with E-state index in [1.165, 1.54) is 22.6 Å². The summed E-state index contributed by atoms with van der Waals surface area (Å²) < 4.78 is 2.52. The lowest BCUT2D eigenvalue weighted by atomic mass is 10.1. The summed E-state index contributed by atoms with van der Waals surface area (Å²) in [7, 11) is 1.97. The van der Waals surface area contributed by atoms with Crippen LogP contribution in [0.25, 0.3) is 0 Å². The standard InChI is InChI=1S/C19H25ClN4O2S/c1-13-15(14(2)22(3)21-13)12-23-8-10-24(11-9-23)19(26)7-4-16(25)17-5-6-18(20)27-17/h5-6H,4,7-12H2,1-3H3. The predicted octanol–water partition coefficient (Wildman–Crippen LogP) is 3.06. The Morgan fingerprint density at radius 2 is 1.85 bits per heavy atom. The molecule has 2 aromatic rings. The highest BCUT2D eigenvalue weighted by atomic mass is 35.5. The van der Waals surface area contributed by atoms with Crippen LogP contribution in [-0.4, -0.2) is 57.4 Å². The number of aryl methyl sites for hydroxylation is 2. The van der Waals surface area contributed by atoms with Crippen LogP contribution in [0.15, 0.2) is 12.1 Å². The van der Waals surface area contributed by atoms with Gasteiger partial charge in [-0.25, -0.2) is 0 Å². The Hall–Kier alpha value is -1.70. The van der Waals surface area contributed by atoms with Gasteiger partial charge >= 0.3 is 0 Å². The van der Waals surface area contributed by atoms with E-state index < -0.39 is 0 Å². The van der Waals surface area contributed by atoms with Crippen molar-refractivity contribution < 1.29 is 9.59 Å². The molecule has 0 aromatic carbocycles. The van der Waals surface area contributed by atoms with Crippen molar-refractivity contribution in [1.82, 2.24) is 19.6 Å². The zero-order chi connectivity index (χ0) is 19.6. The number of amides is 1. The maximum atomic E-state index is 12.4. The number of rotatable bonds is 6. The molecule has 27 heavy (non-hydrogen) atoms. The van der Waals surface area contributed by atoms with Gasteiger partial charge in [0.1, 0.15) is 0 Å². The van der Waals surface area contributed by atoms with Crippen LogP contribution in [0.1, 0.15) is 39.5 Å². The van der Waals surface area contributed by atoms with Crippen molar-refractivity contribution in [2.24, 2.45) is 7.05 Å². The summed E-state index contributed by atoms with van der Waals surface area (Å²) in [5, 5.41) is 4.47. The van der Waals surface area contributed by atoms with E-state index in [9.17, 15) is 9.59 Å². The molecule has 1 amide bonds. The lowest BCUT2D eigenvalue weighted by Gasteiger charge is -2.34. The van der Waals surface area contributed by atoms with Crippen LogP contribution >= 0.6 is 22.9 Å². The van der Waals surface area contributed by atoms with Crippen LogP contribution < -0.4 is 0 Å². The summed E-state index contributed by atoms with van der Waals surface area (Å²) in [5.41, 5.74) is 3.54. The number of ketones is 1. The van der Waals surface area contributed by atoms with E-state index in [-0.39, 0.29) is 24.5 Å². The van der Waals surface area contributed by atoms with Gasteiger partial charge in [0, 0.05) is 63.9 Å². The van der Waals surface area contributed by atoms with E-state index >= 15 is 0 Å². The van der Waals surface area contributed by atoms with Crippen molar-refractivity contribution in [3.8, 4) is 0 Å². The highest BCUT2D eigenvalue weighted by Gasteiger charge is 2.23. The van der Waals surface area contributed by atoms with Gasteiger partial charge in [-0.05, 0) is 26.0 Å². The molecule has 0 radical (unpaired) electrons. The third-order valence-corrected chi connectivity index (χ3v) is 6.45. The Labute approximate surface area is 168 Å². The monoisotopic (exact) mass is 408 g/mol. The van der Waals surface area contributed by atoms with Crippen molar-refractivity contribution in [3.05, 3.63) is 38.3 Å². The molecule has 2 aromatic heterocycles. The number of carbonyl (C=O) groups is 2. The fraction of sp³-hybridized carbons (Fsp3) is 0.526. The fourth-order valence-corrected chi connectivity index (χ4v) is 4.40. The normalized spacial score (nSPS) is 15.3. The molecule has 0 saturated carbocycles. The van der Waals surface area contributed by atoms with Gasteiger partial charge in [0.25, 0.3) is 0 Å². The minimum Gasteiger partial charge on any atom is -0.340 e. The Morgan fingerprint density at radius 3 is 2.41 bits per heavy atom. The quantitative estimate of drug-likeness (QED) is 0.689. The van der Waals surface area contributed by atoms with Crippen molar-refractivity contribution in [3.63, 3.8) is 0 Å². The zero-order valence-corrected chi connectivity index (χ0v) is 17.6. The van der Waals surface area contributed by atoms with Crippen molar-refractivity contribution >= 4 is 34.6 Å². The molecule has 3 heterocycles. The Balaban J connectivity index is 1.45. The van der Waals surface area contributed by atoms with Gasteiger partial charge in [0.2, 0.25) is 5.91 Å². The maximum absolute atomic E-state index is 12.4. The maximum Gasteiger partial charge on any atom is 0.223 e. The van der Waals surface area contributed by atoms with Crippen LogP contribution in [0.4, 0.5) is 0 Å². The first kappa shape index (κ1) is 20.0. The Morgan fingerprint density at radius 1 is 1.15 bits per heavy atom. The number of nitrogens with zero attached hydrogens (tertiary/aromatic N) is 4. The molecule has 1 fully saturated rings. The molecule has 0 unspecified atom stereocenters. The number of halogens is 1. The summed E-state index contributed by atoms with van der Waals surface area (Å²) in [4.78, 5) is 29.4. The second kappa shape index (κ2) is 8.54. The first-order valence-electron chi connectivity index (χ1n) is 9.13. The van der Waals surface area contributed by atoms with Crippen LogP contribution in [0.3, 0.4) is 0 Å². The van der Waals surface area contributed by atoms with Crippen molar-refractivity contribution in [2.45, 2.75) is 33.2 Å². The molecular weight excluding hydrogens is 384 g/mol. The fourth-order valence-electron chi connectivity index (χ4n) is 3.39. The first-order chi connectivity index (χ1) is 12.8. The molecule has 0 aliphatic carbocycles. The van der Waals surface area contributed by atoms with E-state index in [4.69, 9.17) is 11.6 Å². The molecule has 8 heteroatoms. The minimum atomic E-state index is -0.0126. The van der Waals surface area contributed by atoms with Crippen molar-refractivity contribution in [2.75, 3.05) is 26.2 Å². The van der Waals surface area contributed by atoms with E-state index in [1.807, 2.05) is 23.6 Å². The molecule has 1 saturated heterocycles. The van der Waals surface area contributed by atoms with Crippen molar-refractivity contribution in [1.29, 1.82) is 0 Å². The summed E-state index contributed by atoms with van der Waals surface area (Å²) in [6.45, 7) is 8.09. The van der Waals surface area contributed by atoms with Gasteiger partial charge in [-0.3, -0.25) is 19.2 Å². The van der Waals surface area contributed by atoms with Crippen LogP contribution in [0, 0.1) is 13.8 Å². The minimum absolute atomic E-state index is 0.0126. The molecule has 3 rings (SSSR count). The lowest BCUT2D eigenvalue weighted by molar-refractivity contribution is -0.133. The van der Waals surface area contributed by atoms with E-state index in [2.05, 4.69) is 16.9 Å². The van der Waals surface area contributed by atoms with Gasteiger partial charge in [-0.1, -0.05) is 11.6 Å². The molecule has 0 bridgehead atoms. The molecule has 1 aliphatic rings. The Kier molecular flexibility index (Phi) is 6.34. The average molecular weight is 409 g/mol. The lowest BCUT2D eigenvalue weighted by Crippen LogP contribution is -2.48. The first-order valence-corrected chi connectivity index (χ1v) is 10.3. The SMILES string of the molecule is Cc1nn(C)c(C)c1CN1CCN(C(=O)CCC(=O)c2ccc(Cl)s2)CC1. The number of piperazine rings is 1. The summed E-state index contributed by atoms with van der Waals surface area (Å²) >= 11 is 7.13. The second-order valence-electron chi connectivity index (χ2n) is 6.96. The number of hydrogen-bond acceptors (Lipinski definition) is 5. The number of aromatic nitrogens is 2.